The summed E-state index contributed by atoms with van der Waals surface area (Å²) in [5, 5.41) is 2.56. The van der Waals surface area contributed by atoms with E-state index in [-0.39, 0.29) is 23.9 Å². The summed E-state index contributed by atoms with van der Waals surface area (Å²) in [5.74, 6) is 0.144. The summed E-state index contributed by atoms with van der Waals surface area (Å²) >= 11 is 0. The van der Waals surface area contributed by atoms with Crippen LogP contribution in [0.2, 0.25) is 0 Å². The lowest BCUT2D eigenvalue weighted by Gasteiger charge is -2.13. The Balaban J connectivity index is 2.06. The third-order valence-electron chi connectivity index (χ3n) is 2.36. The highest BCUT2D eigenvalue weighted by Crippen LogP contribution is 2.29. The number of halogens is 3. The van der Waals surface area contributed by atoms with Gasteiger partial charge in [-0.25, -0.2) is 4.99 Å². The van der Waals surface area contributed by atoms with Crippen molar-refractivity contribution in [1.29, 1.82) is 0 Å². The topological polar surface area (TPSA) is 72.8 Å². The standard InChI is InChI=1S/C13H12F3N3O2/c14-13(15,16)21-11-6-2-1-5-10(11)19-12(17)18-8-9-4-3-7-20-9/h1-7H,8H2,(H3,17,18,19). The molecular weight excluding hydrogens is 287 g/mol. The number of nitrogens with two attached hydrogens (primary N) is 1. The number of rotatable bonds is 4. The molecule has 0 aliphatic heterocycles. The van der Waals surface area contributed by atoms with E-state index in [4.69, 9.17) is 10.2 Å². The molecule has 112 valence electrons. The Labute approximate surface area is 118 Å². The maximum Gasteiger partial charge on any atom is 0.573 e. The van der Waals surface area contributed by atoms with Crippen molar-refractivity contribution >= 4 is 11.6 Å². The van der Waals surface area contributed by atoms with Gasteiger partial charge < -0.3 is 20.2 Å². The number of ether oxygens (including phenoxy) is 1. The van der Waals surface area contributed by atoms with Crippen LogP contribution in [-0.4, -0.2) is 12.3 Å². The highest BCUT2D eigenvalue weighted by Gasteiger charge is 2.32. The van der Waals surface area contributed by atoms with Gasteiger partial charge in [0.05, 0.1) is 12.0 Å². The predicted molar refractivity (Wildman–Crippen MR) is 70.8 cm³/mol. The van der Waals surface area contributed by atoms with Crippen LogP contribution in [0.15, 0.2) is 52.1 Å². The highest BCUT2D eigenvalue weighted by molar-refractivity contribution is 5.93. The van der Waals surface area contributed by atoms with Crippen LogP contribution in [0.1, 0.15) is 5.76 Å². The molecule has 0 aliphatic rings. The van der Waals surface area contributed by atoms with Crippen LogP contribution in [0.5, 0.6) is 5.75 Å². The first kappa shape index (κ1) is 14.8. The average Bonchev–Trinajstić information content (AvgIpc) is 2.90. The Hall–Kier alpha value is -2.64. The highest BCUT2D eigenvalue weighted by atomic mass is 19.4. The number of furan rings is 1. The van der Waals surface area contributed by atoms with Gasteiger partial charge in [0, 0.05) is 0 Å². The van der Waals surface area contributed by atoms with Crippen molar-refractivity contribution in [2.75, 3.05) is 5.32 Å². The molecule has 0 atom stereocenters. The Morgan fingerprint density at radius 3 is 2.67 bits per heavy atom. The maximum absolute atomic E-state index is 12.3. The van der Waals surface area contributed by atoms with Crippen molar-refractivity contribution in [1.82, 2.24) is 0 Å². The second-order valence-electron chi connectivity index (χ2n) is 3.95. The third-order valence-corrected chi connectivity index (χ3v) is 2.36. The minimum atomic E-state index is -4.78. The number of guanidine groups is 1. The molecule has 0 saturated heterocycles. The molecular formula is C13H12F3N3O2. The van der Waals surface area contributed by atoms with Crippen molar-refractivity contribution in [3.05, 3.63) is 48.4 Å². The fraction of sp³-hybridized carbons (Fsp3) is 0.154. The number of nitrogens with zero attached hydrogens (tertiary/aromatic N) is 1. The van der Waals surface area contributed by atoms with Gasteiger partial charge >= 0.3 is 6.36 Å². The molecule has 0 aliphatic carbocycles. The Bertz CT molecular complexity index is 609. The van der Waals surface area contributed by atoms with Crippen LogP contribution >= 0.6 is 0 Å². The predicted octanol–water partition coefficient (Wildman–Crippen LogP) is 3.11. The van der Waals surface area contributed by atoms with E-state index in [2.05, 4.69) is 15.0 Å². The van der Waals surface area contributed by atoms with E-state index in [1.807, 2.05) is 0 Å². The summed E-state index contributed by atoms with van der Waals surface area (Å²) in [6, 6.07) is 8.94. The molecule has 21 heavy (non-hydrogen) atoms. The van der Waals surface area contributed by atoms with Gasteiger partial charge in [0.15, 0.2) is 11.7 Å². The Morgan fingerprint density at radius 1 is 1.24 bits per heavy atom. The van der Waals surface area contributed by atoms with E-state index in [1.54, 1.807) is 18.2 Å². The minimum Gasteiger partial charge on any atom is -0.467 e. The second kappa shape index (κ2) is 6.21. The van der Waals surface area contributed by atoms with Gasteiger partial charge in [-0.2, -0.15) is 0 Å². The Morgan fingerprint density at radius 2 is 2.00 bits per heavy atom. The molecule has 2 aromatic rings. The van der Waals surface area contributed by atoms with Gasteiger partial charge in [0.1, 0.15) is 12.3 Å². The lowest BCUT2D eigenvalue weighted by atomic mass is 10.3. The number of nitrogens with one attached hydrogen (secondary N) is 1. The van der Waals surface area contributed by atoms with Crippen LogP contribution in [-0.2, 0) is 6.54 Å². The van der Waals surface area contributed by atoms with Gasteiger partial charge in [-0.3, -0.25) is 0 Å². The van der Waals surface area contributed by atoms with Crippen molar-refractivity contribution in [3.8, 4) is 5.75 Å². The lowest BCUT2D eigenvalue weighted by molar-refractivity contribution is -0.274. The number of anilines is 1. The van der Waals surface area contributed by atoms with Crippen LogP contribution in [0.25, 0.3) is 0 Å². The number of hydrogen-bond donors (Lipinski definition) is 2. The molecule has 0 saturated carbocycles. The van der Waals surface area contributed by atoms with Crippen LogP contribution < -0.4 is 15.8 Å². The van der Waals surface area contributed by atoms with Gasteiger partial charge in [-0.05, 0) is 24.3 Å². The first-order chi connectivity index (χ1) is 9.94. The van der Waals surface area contributed by atoms with E-state index in [1.165, 1.54) is 24.5 Å². The molecule has 8 heteroatoms. The van der Waals surface area contributed by atoms with Gasteiger partial charge in [-0.1, -0.05) is 12.1 Å². The normalized spacial score (nSPS) is 12.2. The number of aliphatic imine (C=N–C) groups is 1. The molecule has 2 rings (SSSR count). The van der Waals surface area contributed by atoms with Crippen LogP contribution in [0.4, 0.5) is 18.9 Å². The zero-order chi connectivity index (χ0) is 15.3. The molecule has 0 unspecified atom stereocenters. The molecule has 3 N–H and O–H groups in total. The molecule has 0 radical (unpaired) electrons. The molecule has 1 aromatic carbocycles. The zero-order valence-corrected chi connectivity index (χ0v) is 10.7. The largest absolute Gasteiger partial charge is 0.573 e. The molecule has 0 bridgehead atoms. The van der Waals surface area contributed by atoms with Crippen molar-refractivity contribution in [2.45, 2.75) is 12.9 Å². The van der Waals surface area contributed by atoms with Crippen LogP contribution in [0.3, 0.4) is 0 Å². The summed E-state index contributed by atoms with van der Waals surface area (Å²) in [5.41, 5.74) is 5.68. The Kier molecular flexibility index (Phi) is 4.36. The monoisotopic (exact) mass is 299 g/mol. The number of benzene rings is 1. The van der Waals surface area contributed by atoms with E-state index in [0.717, 1.165) is 0 Å². The summed E-state index contributed by atoms with van der Waals surface area (Å²) in [4.78, 5) is 3.95. The number of para-hydroxylation sites is 2. The van der Waals surface area contributed by atoms with Crippen LogP contribution in [0, 0.1) is 0 Å². The molecule has 5 nitrogen and oxygen atoms in total. The van der Waals surface area contributed by atoms with Gasteiger partial charge in [0.2, 0.25) is 0 Å². The van der Waals surface area contributed by atoms with Crippen molar-refractivity contribution < 1.29 is 22.3 Å². The smallest absolute Gasteiger partial charge is 0.467 e. The van der Waals surface area contributed by atoms with Gasteiger partial charge in [-0.15, -0.1) is 13.2 Å². The van der Waals surface area contributed by atoms with Crippen molar-refractivity contribution in [3.63, 3.8) is 0 Å². The second-order valence-corrected chi connectivity index (χ2v) is 3.95. The van der Waals surface area contributed by atoms with E-state index in [9.17, 15) is 13.2 Å². The number of alkyl halides is 3. The SMILES string of the molecule is NC(=NCc1ccco1)Nc1ccccc1OC(F)(F)F. The summed E-state index contributed by atoms with van der Waals surface area (Å²) < 4.78 is 45.8. The fourth-order valence-corrected chi connectivity index (χ4v) is 1.53. The van der Waals surface area contributed by atoms with E-state index >= 15 is 0 Å². The quantitative estimate of drug-likeness (QED) is 0.672. The summed E-state index contributed by atoms with van der Waals surface area (Å²) in [6.45, 7) is 0.175. The lowest BCUT2D eigenvalue weighted by Crippen LogP contribution is -2.24. The van der Waals surface area contributed by atoms with E-state index < -0.39 is 6.36 Å². The molecule has 0 amide bonds. The minimum absolute atomic E-state index is 0.0513. The van der Waals surface area contributed by atoms with Gasteiger partial charge in [0.25, 0.3) is 0 Å². The summed E-state index contributed by atoms with van der Waals surface area (Å²) in [6.07, 6.45) is -3.29. The molecule has 0 spiro atoms. The maximum atomic E-state index is 12.3. The third kappa shape index (κ3) is 4.75. The zero-order valence-electron chi connectivity index (χ0n) is 10.7. The molecule has 1 aromatic heterocycles. The molecule has 1 heterocycles. The summed E-state index contributed by atoms with van der Waals surface area (Å²) in [7, 11) is 0. The number of hydrogen-bond acceptors (Lipinski definition) is 3. The first-order valence-corrected chi connectivity index (χ1v) is 5.88. The fourth-order valence-electron chi connectivity index (χ4n) is 1.53. The van der Waals surface area contributed by atoms with E-state index in [0.29, 0.717) is 5.76 Å². The average molecular weight is 299 g/mol. The van der Waals surface area contributed by atoms with Crippen molar-refractivity contribution in [2.24, 2.45) is 10.7 Å². The first-order valence-electron chi connectivity index (χ1n) is 5.88. The molecule has 0 fully saturated rings.